The number of alkyl halides is 1. The monoisotopic (exact) mass is 176 g/mol. The number of Topliss-reactive ketones (excluding diaryl/α,β-unsaturated/α-hetero) is 1. The molecule has 1 unspecified atom stereocenters. The molecule has 1 aliphatic rings. The molecule has 0 bridgehead atoms. The van der Waals surface area contributed by atoms with Gasteiger partial charge < -0.3 is 0 Å². The number of carbonyl (C=O) groups excluding carboxylic acids is 1. The Balaban J connectivity index is 2.54. The number of rotatable bonds is 1. The van der Waals surface area contributed by atoms with Crippen LogP contribution in [0.2, 0.25) is 0 Å². The van der Waals surface area contributed by atoms with Crippen molar-refractivity contribution in [3.05, 3.63) is 41.5 Å². The van der Waals surface area contributed by atoms with E-state index >= 15 is 0 Å². The lowest BCUT2D eigenvalue weighted by molar-refractivity contribution is 0.0899. The van der Waals surface area contributed by atoms with Crippen molar-refractivity contribution in [1.29, 1.82) is 0 Å². The number of carbonyl (C=O) groups is 1. The van der Waals surface area contributed by atoms with Crippen LogP contribution in [0.1, 0.15) is 21.5 Å². The van der Waals surface area contributed by atoms with Gasteiger partial charge in [-0.15, -0.1) is 0 Å². The summed E-state index contributed by atoms with van der Waals surface area (Å²) in [4.78, 5) is 11.3. The molecule has 66 valence electrons. The summed E-state index contributed by atoms with van der Waals surface area (Å²) in [5, 5.41) is 0. The molecule has 2 heteroatoms. The largest absolute Gasteiger partial charge is 0.291 e. The van der Waals surface area contributed by atoms with Gasteiger partial charge >= 0.3 is 0 Å². The molecular weight excluding hydrogens is 167 g/mol. The van der Waals surface area contributed by atoms with Crippen molar-refractivity contribution in [1.82, 2.24) is 0 Å². The Morgan fingerprint density at radius 1 is 1.54 bits per heavy atom. The van der Waals surface area contributed by atoms with Crippen LogP contribution < -0.4 is 0 Å². The number of benzene rings is 1. The van der Waals surface area contributed by atoms with Gasteiger partial charge in [0.25, 0.3) is 0 Å². The van der Waals surface area contributed by atoms with E-state index in [4.69, 9.17) is 0 Å². The summed E-state index contributed by atoms with van der Waals surface area (Å²) >= 11 is 0. The molecule has 0 aliphatic heterocycles. The minimum atomic E-state index is -1.34. The first-order valence-electron chi connectivity index (χ1n) is 4.16. The van der Waals surface area contributed by atoms with E-state index in [2.05, 4.69) is 6.58 Å². The second-order valence-electron chi connectivity index (χ2n) is 3.16. The molecule has 13 heavy (non-hydrogen) atoms. The topological polar surface area (TPSA) is 17.1 Å². The fourth-order valence-corrected chi connectivity index (χ4v) is 1.58. The van der Waals surface area contributed by atoms with Crippen LogP contribution in [0.4, 0.5) is 4.39 Å². The van der Waals surface area contributed by atoms with Gasteiger partial charge in [-0.1, -0.05) is 24.8 Å². The standard InChI is InChI=1S/C11H9FO/c1-2-7-3-4-8-6-10(12)11(13)9(8)5-7/h2-5,10H,1,6H2. The minimum absolute atomic E-state index is 0.228. The van der Waals surface area contributed by atoms with Crippen molar-refractivity contribution in [2.75, 3.05) is 0 Å². The van der Waals surface area contributed by atoms with E-state index in [1.165, 1.54) is 0 Å². The van der Waals surface area contributed by atoms with Gasteiger partial charge in [0.1, 0.15) is 0 Å². The number of fused-ring (bicyclic) bond motifs is 1. The van der Waals surface area contributed by atoms with Gasteiger partial charge in [0, 0.05) is 12.0 Å². The van der Waals surface area contributed by atoms with E-state index in [1.807, 2.05) is 6.07 Å². The number of halogens is 1. The quantitative estimate of drug-likeness (QED) is 0.642. The van der Waals surface area contributed by atoms with Gasteiger partial charge in [-0.25, -0.2) is 4.39 Å². The Kier molecular flexibility index (Phi) is 1.76. The summed E-state index contributed by atoms with van der Waals surface area (Å²) in [6.45, 7) is 3.60. The average molecular weight is 176 g/mol. The van der Waals surface area contributed by atoms with Crippen molar-refractivity contribution < 1.29 is 9.18 Å². The van der Waals surface area contributed by atoms with Crippen molar-refractivity contribution in [2.45, 2.75) is 12.6 Å². The third-order valence-electron chi connectivity index (χ3n) is 2.32. The van der Waals surface area contributed by atoms with Gasteiger partial charge in [0.05, 0.1) is 0 Å². The number of ketones is 1. The number of hydrogen-bond donors (Lipinski definition) is 0. The first-order chi connectivity index (χ1) is 6.22. The third-order valence-corrected chi connectivity index (χ3v) is 2.32. The molecule has 0 amide bonds. The Morgan fingerprint density at radius 3 is 3.00 bits per heavy atom. The zero-order chi connectivity index (χ0) is 9.42. The second kappa shape index (κ2) is 2.80. The summed E-state index contributed by atoms with van der Waals surface area (Å²) in [6, 6.07) is 5.34. The molecule has 1 aliphatic carbocycles. The van der Waals surface area contributed by atoms with Crippen LogP contribution in [0.5, 0.6) is 0 Å². The predicted molar refractivity (Wildman–Crippen MR) is 49.5 cm³/mol. The molecule has 0 N–H and O–H groups in total. The molecule has 0 saturated heterocycles. The SMILES string of the molecule is C=Cc1ccc2c(c1)C(=O)C(F)C2. The van der Waals surface area contributed by atoms with Gasteiger partial charge in [-0.3, -0.25) is 4.79 Å². The highest BCUT2D eigenvalue weighted by molar-refractivity contribution is 6.04. The second-order valence-corrected chi connectivity index (χ2v) is 3.16. The van der Waals surface area contributed by atoms with Crippen molar-refractivity contribution in [3.63, 3.8) is 0 Å². The van der Waals surface area contributed by atoms with Crippen LogP contribution in [0, 0.1) is 0 Å². The summed E-state index contributed by atoms with van der Waals surface area (Å²) in [5.41, 5.74) is 2.19. The van der Waals surface area contributed by atoms with Crippen LogP contribution in [0.3, 0.4) is 0 Å². The molecule has 1 aromatic carbocycles. The van der Waals surface area contributed by atoms with Crippen molar-refractivity contribution >= 4 is 11.9 Å². The van der Waals surface area contributed by atoms with Crippen LogP contribution in [-0.2, 0) is 6.42 Å². The summed E-state index contributed by atoms with van der Waals surface area (Å²) in [6.07, 6.45) is 0.542. The lowest BCUT2D eigenvalue weighted by Gasteiger charge is -1.97. The minimum Gasteiger partial charge on any atom is -0.291 e. The molecule has 0 radical (unpaired) electrons. The van der Waals surface area contributed by atoms with E-state index in [-0.39, 0.29) is 6.42 Å². The van der Waals surface area contributed by atoms with Crippen LogP contribution in [0.15, 0.2) is 24.8 Å². The summed E-state index contributed by atoms with van der Waals surface area (Å²) in [7, 11) is 0. The molecule has 1 nitrogen and oxygen atoms in total. The fraction of sp³-hybridized carbons (Fsp3) is 0.182. The molecule has 0 fully saturated rings. The first-order valence-corrected chi connectivity index (χ1v) is 4.16. The molecule has 1 atom stereocenters. The highest BCUT2D eigenvalue weighted by Gasteiger charge is 2.29. The molecule has 0 saturated carbocycles. The molecule has 2 rings (SSSR count). The Morgan fingerprint density at radius 2 is 2.31 bits per heavy atom. The van der Waals surface area contributed by atoms with E-state index in [0.29, 0.717) is 5.56 Å². The van der Waals surface area contributed by atoms with Crippen molar-refractivity contribution in [3.8, 4) is 0 Å². The smallest absolute Gasteiger partial charge is 0.197 e. The zero-order valence-electron chi connectivity index (χ0n) is 7.09. The van der Waals surface area contributed by atoms with Gasteiger partial charge in [0.15, 0.2) is 12.0 Å². The summed E-state index contributed by atoms with van der Waals surface area (Å²) < 4.78 is 13.0. The van der Waals surface area contributed by atoms with Crippen LogP contribution in [0.25, 0.3) is 6.08 Å². The average Bonchev–Trinajstić information content (AvgIpc) is 2.43. The Labute approximate surface area is 75.9 Å². The third kappa shape index (κ3) is 1.18. The van der Waals surface area contributed by atoms with Gasteiger partial charge in [-0.05, 0) is 17.2 Å². The number of hydrogen-bond acceptors (Lipinski definition) is 1. The highest BCUT2D eigenvalue weighted by Crippen LogP contribution is 2.25. The van der Waals surface area contributed by atoms with Gasteiger partial charge in [-0.2, -0.15) is 0 Å². The lowest BCUT2D eigenvalue weighted by Crippen LogP contribution is -2.08. The fourth-order valence-electron chi connectivity index (χ4n) is 1.58. The highest BCUT2D eigenvalue weighted by atomic mass is 19.1. The maximum atomic E-state index is 13.0. The maximum Gasteiger partial charge on any atom is 0.197 e. The zero-order valence-corrected chi connectivity index (χ0v) is 7.09. The Bertz CT molecular complexity index is 382. The van der Waals surface area contributed by atoms with Crippen molar-refractivity contribution in [2.24, 2.45) is 0 Å². The van der Waals surface area contributed by atoms with E-state index in [9.17, 15) is 9.18 Å². The first kappa shape index (κ1) is 8.17. The van der Waals surface area contributed by atoms with E-state index < -0.39 is 12.0 Å². The van der Waals surface area contributed by atoms with Crippen LogP contribution in [-0.4, -0.2) is 12.0 Å². The van der Waals surface area contributed by atoms with Crippen LogP contribution >= 0.6 is 0 Å². The van der Waals surface area contributed by atoms with Gasteiger partial charge in [0.2, 0.25) is 0 Å². The van der Waals surface area contributed by atoms with E-state index in [0.717, 1.165) is 11.1 Å². The van der Waals surface area contributed by atoms with E-state index in [1.54, 1.807) is 18.2 Å². The molecule has 1 aromatic rings. The maximum absolute atomic E-state index is 13.0. The molecular formula is C11H9FO. The molecule has 0 aromatic heterocycles. The lowest BCUT2D eigenvalue weighted by atomic mass is 10.1. The Hall–Kier alpha value is -1.44. The normalized spacial score (nSPS) is 20.1. The summed E-state index contributed by atoms with van der Waals surface area (Å²) in [5.74, 6) is -0.390. The predicted octanol–water partition coefficient (Wildman–Crippen LogP) is 2.41. The molecule has 0 spiro atoms. The molecule has 0 heterocycles.